The molecule has 8 heteroatoms. The number of hydrogen-bond donors (Lipinski definition) is 3. The van der Waals surface area contributed by atoms with E-state index in [-0.39, 0.29) is 10.5 Å². The molecule has 1 atom stereocenters. The number of hydrogen-bond acceptors (Lipinski definition) is 3. The summed E-state index contributed by atoms with van der Waals surface area (Å²) < 4.78 is 17.1. The maximum absolute atomic E-state index is 12.7. The molecule has 0 spiro atoms. The van der Waals surface area contributed by atoms with Crippen LogP contribution in [0.3, 0.4) is 0 Å². The van der Waals surface area contributed by atoms with Gasteiger partial charge in [0.15, 0.2) is 0 Å². The van der Waals surface area contributed by atoms with E-state index in [0.29, 0.717) is 4.47 Å². The average Bonchev–Trinajstić information content (AvgIpc) is 3.30. The molecule has 0 aliphatic heterocycles. The summed E-state index contributed by atoms with van der Waals surface area (Å²) >= 11 is 3.28. The van der Waals surface area contributed by atoms with Gasteiger partial charge in [-0.05, 0) is 79.0 Å². The highest BCUT2D eigenvalue weighted by Crippen LogP contribution is 2.38. The largest absolute Gasteiger partial charge is 0.366 e. The highest BCUT2D eigenvalue weighted by atomic mass is 79.9. The molecule has 2 aromatic carbocycles. The van der Waals surface area contributed by atoms with Crippen LogP contribution in [0.2, 0.25) is 0 Å². The van der Waals surface area contributed by atoms with Crippen LogP contribution in [0, 0.1) is 0 Å². The average molecular weight is 462 g/mol. The van der Waals surface area contributed by atoms with Crippen LogP contribution in [0.1, 0.15) is 45.5 Å². The second-order valence-electron chi connectivity index (χ2n) is 7.06. The summed E-state index contributed by atoms with van der Waals surface area (Å²) in [4.78, 5) is 24.3. The van der Waals surface area contributed by atoms with Crippen LogP contribution < -0.4 is 11.1 Å². The zero-order chi connectivity index (χ0) is 19.8. The normalized spacial score (nSPS) is 15.9. The molecule has 2 aliphatic carbocycles. The number of amides is 3. The van der Waals surface area contributed by atoms with E-state index < -0.39 is 22.5 Å². The number of anilines is 1. The van der Waals surface area contributed by atoms with Crippen molar-refractivity contribution in [2.45, 2.75) is 43.4 Å². The molecule has 3 amide bonds. The SMILES string of the molecule is NC(=O)c1ccc(Br)cc1/[SH](=O)=N/C(=O)Nc1c2c(cc3c1CCC3)CCC2. The van der Waals surface area contributed by atoms with Crippen molar-refractivity contribution in [2.75, 3.05) is 5.32 Å². The molecule has 6 nitrogen and oxygen atoms in total. The Balaban J connectivity index is 1.67. The Kier molecular flexibility index (Phi) is 5.25. The maximum Gasteiger partial charge on any atom is 0.353 e. The van der Waals surface area contributed by atoms with E-state index in [1.54, 1.807) is 6.07 Å². The van der Waals surface area contributed by atoms with Gasteiger partial charge in [0.25, 0.3) is 0 Å². The van der Waals surface area contributed by atoms with Gasteiger partial charge in [-0.1, -0.05) is 22.0 Å². The number of fused-ring (bicyclic) bond motifs is 2. The van der Waals surface area contributed by atoms with Gasteiger partial charge in [0.1, 0.15) is 0 Å². The Labute approximate surface area is 173 Å². The molecular formula is C20H20BrN3O3S. The molecule has 0 heterocycles. The summed E-state index contributed by atoms with van der Waals surface area (Å²) in [5, 5.41) is 2.89. The van der Waals surface area contributed by atoms with Gasteiger partial charge >= 0.3 is 6.03 Å². The summed E-state index contributed by atoms with van der Waals surface area (Å²) in [6.45, 7) is 0. The monoisotopic (exact) mass is 461 g/mol. The number of carbonyl (C=O) groups is 2. The molecule has 4 rings (SSSR count). The second kappa shape index (κ2) is 7.67. The number of thiol groups is 1. The lowest BCUT2D eigenvalue weighted by Crippen LogP contribution is -2.14. The summed E-state index contributed by atoms with van der Waals surface area (Å²) in [5.74, 6) is -0.708. The number of nitrogens with two attached hydrogens (primary N) is 1. The fourth-order valence-electron chi connectivity index (χ4n) is 4.11. The van der Waals surface area contributed by atoms with Crippen LogP contribution in [0.15, 0.2) is 38.0 Å². The summed E-state index contributed by atoms with van der Waals surface area (Å²) in [6.07, 6.45) is 6.07. The Bertz CT molecular complexity index is 1060. The lowest BCUT2D eigenvalue weighted by atomic mass is 9.99. The molecule has 146 valence electrons. The molecule has 2 aliphatic rings. The first kappa shape index (κ1) is 19.1. The Hall–Kier alpha value is -2.19. The highest BCUT2D eigenvalue weighted by molar-refractivity contribution is 9.10. The lowest BCUT2D eigenvalue weighted by molar-refractivity contribution is 0.0997. The number of halogens is 1. The van der Waals surface area contributed by atoms with Crippen molar-refractivity contribution >= 4 is 44.2 Å². The minimum Gasteiger partial charge on any atom is -0.366 e. The molecule has 0 saturated heterocycles. The molecule has 0 saturated carbocycles. The second-order valence-corrected chi connectivity index (χ2v) is 9.21. The smallest absolute Gasteiger partial charge is 0.353 e. The zero-order valence-electron chi connectivity index (χ0n) is 15.1. The summed E-state index contributed by atoms with van der Waals surface area (Å²) in [6, 6.07) is 6.22. The van der Waals surface area contributed by atoms with Crippen LogP contribution in [-0.4, -0.2) is 16.1 Å². The third-order valence-corrected chi connectivity index (χ3v) is 6.96. The maximum atomic E-state index is 12.7. The predicted molar refractivity (Wildman–Crippen MR) is 112 cm³/mol. The van der Waals surface area contributed by atoms with Gasteiger partial charge in [-0.2, -0.15) is 0 Å². The van der Waals surface area contributed by atoms with E-state index >= 15 is 0 Å². The third kappa shape index (κ3) is 3.58. The number of carbonyl (C=O) groups excluding carboxylic acids is 2. The van der Waals surface area contributed by atoms with Gasteiger partial charge in [0.05, 0.1) is 21.1 Å². The van der Waals surface area contributed by atoms with Gasteiger partial charge in [-0.3, -0.25) is 4.79 Å². The first-order chi connectivity index (χ1) is 13.4. The van der Waals surface area contributed by atoms with Gasteiger partial charge in [-0.25, -0.2) is 9.00 Å². The molecule has 0 bridgehead atoms. The fourth-order valence-corrected chi connectivity index (χ4v) is 5.61. The minimum atomic E-state index is -2.46. The van der Waals surface area contributed by atoms with Crippen LogP contribution in [0.25, 0.3) is 0 Å². The number of benzene rings is 2. The standard InChI is InChI=1S/C20H20BrN3O3S/c21-13-7-8-16(19(22)25)17(10-13)28(27)24-20(26)23-18-14-5-1-3-11(14)9-12-4-2-6-15(12)18/h7-10,28H,1-6H2,(H2,22,25)(H,23,26). The van der Waals surface area contributed by atoms with E-state index in [1.807, 2.05) is 0 Å². The lowest BCUT2D eigenvalue weighted by Gasteiger charge is -2.14. The minimum absolute atomic E-state index is 0.0994. The van der Waals surface area contributed by atoms with E-state index in [2.05, 4.69) is 31.7 Å². The van der Waals surface area contributed by atoms with Crippen LogP contribution >= 0.6 is 15.9 Å². The fraction of sp³-hybridized carbons (Fsp3) is 0.300. The first-order valence-electron chi connectivity index (χ1n) is 9.20. The van der Waals surface area contributed by atoms with E-state index in [1.165, 1.54) is 34.4 Å². The van der Waals surface area contributed by atoms with Gasteiger partial charge in [0, 0.05) is 10.2 Å². The molecule has 0 radical (unpaired) electrons. The van der Waals surface area contributed by atoms with E-state index in [4.69, 9.17) is 5.73 Å². The van der Waals surface area contributed by atoms with Crippen molar-refractivity contribution in [3.8, 4) is 0 Å². The number of urea groups is 1. The van der Waals surface area contributed by atoms with Crippen LogP contribution in [0.4, 0.5) is 10.5 Å². The van der Waals surface area contributed by atoms with Crippen molar-refractivity contribution in [2.24, 2.45) is 10.1 Å². The number of nitrogens with one attached hydrogen (secondary N) is 1. The number of aryl methyl sites for hydroxylation is 2. The van der Waals surface area contributed by atoms with Crippen molar-refractivity contribution < 1.29 is 13.8 Å². The Morgan fingerprint density at radius 2 is 1.68 bits per heavy atom. The van der Waals surface area contributed by atoms with Crippen LogP contribution in [0.5, 0.6) is 0 Å². The molecule has 2 aromatic rings. The summed E-state index contributed by atoms with van der Waals surface area (Å²) in [5.41, 5.74) is 11.3. The van der Waals surface area contributed by atoms with Gasteiger partial charge < -0.3 is 11.1 Å². The molecule has 0 aromatic heterocycles. The molecule has 3 N–H and O–H groups in total. The Morgan fingerprint density at radius 3 is 2.29 bits per heavy atom. The number of nitrogens with zero attached hydrogens (tertiary/aromatic N) is 1. The topological polar surface area (TPSA) is 102 Å². The van der Waals surface area contributed by atoms with Crippen molar-refractivity contribution in [3.05, 3.63) is 56.6 Å². The van der Waals surface area contributed by atoms with Crippen molar-refractivity contribution in [3.63, 3.8) is 0 Å². The van der Waals surface area contributed by atoms with Gasteiger partial charge in [-0.15, -0.1) is 4.36 Å². The first-order valence-corrected chi connectivity index (χ1v) is 11.2. The predicted octanol–water partition coefficient (Wildman–Crippen LogP) is 3.78. The molecule has 1 unspecified atom stereocenters. The number of primary amides is 1. The third-order valence-electron chi connectivity index (χ3n) is 5.32. The van der Waals surface area contributed by atoms with Crippen molar-refractivity contribution in [1.29, 1.82) is 0 Å². The van der Waals surface area contributed by atoms with Crippen molar-refractivity contribution in [1.82, 2.24) is 0 Å². The zero-order valence-corrected chi connectivity index (χ0v) is 17.6. The Morgan fingerprint density at radius 1 is 1.04 bits per heavy atom. The number of rotatable bonds is 3. The van der Waals surface area contributed by atoms with Gasteiger partial charge in [0.2, 0.25) is 5.91 Å². The quantitative estimate of drug-likeness (QED) is 0.605. The molecule has 28 heavy (non-hydrogen) atoms. The molecular weight excluding hydrogens is 442 g/mol. The highest BCUT2D eigenvalue weighted by Gasteiger charge is 2.25. The molecule has 0 fully saturated rings. The summed E-state index contributed by atoms with van der Waals surface area (Å²) in [7, 11) is -2.46. The van der Waals surface area contributed by atoms with E-state index in [9.17, 15) is 13.8 Å². The van der Waals surface area contributed by atoms with Crippen LogP contribution in [-0.2, 0) is 36.3 Å². The van der Waals surface area contributed by atoms with E-state index in [0.717, 1.165) is 44.2 Å².